The van der Waals surface area contributed by atoms with Crippen molar-refractivity contribution in [2.24, 2.45) is 5.73 Å². The third kappa shape index (κ3) is 1.82. The minimum Gasteiger partial charge on any atom is -0.324 e. The van der Waals surface area contributed by atoms with Gasteiger partial charge in [-0.15, -0.1) is 10.2 Å². The summed E-state index contributed by atoms with van der Waals surface area (Å²) in [6.45, 7) is 2.40. The number of hydrogen-bond donors (Lipinski definition) is 1. The first-order valence-electron chi connectivity index (χ1n) is 6.11. The summed E-state index contributed by atoms with van der Waals surface area (Å²) in [7, 11) is 0. The Morgan fingerprint density at radius 1 is 1.39 bits per heavy atom. The van der Waals surface area contributed by atoms with Crippen LogP contribution in [0.2, 0.25) is 5.02 Å². The lowest BCUT2D eigenvalue weighted by Crippen LogP contribution is -2.08. The van der Waals surface area contributed by atoms with Crippen LogP contribution in [0.15, 0.2) is 18.2 Å². The molecule has 1 aromatic heterocycles. The first kappa shape index (κ1) is 11.7. The Balaban J connectivity index is 2.17. The van der Waals surface area contributed by atoms with Crippen molar-refractivity contribution in [1.82, 2.24) is 14.8 Å². The maximum Gasteiger partial charge on any atom is 0.165 e. The van der Waals surface area contributed by atoms with Crippen LogP contribution in [0.4, 0.5) is 0 Å². The zero-order valence-corrected chi connectivity index (χ0v) is 11.0. The summed E-state index contributed by atoms with van der Waals surface area (Å²) in [4.78, 5) is 0. The number of halogens is 1. The fourth-order valence-corrected chi connectivity index (χ4v) is 2.39. The van der Waals surface area contributed by atoms with Gasteiger partial charge in [0.25, 0.3) is 0 Å². The molecule has 0 spiro atoms. The van der Waals surface area contributed by atoms with E-state index in [1.165, 1.54) is 12.8 Å². The Labute approximate surface area is 111 Å². The van der Waals surface area contributed by atoms with Crippen molar-refractivity contribution in [2.75, 3.05) is 0 Å². The van der Waals surface area contributed by atoms with Crippen LogP contribution in [0.25, 0.3) is 11.4 Å². The van der Waals surface area contributed by atoms with Gasteiger partial charge in [0.2, 0.25) is 0 Å². The molecule has 1 heterocycles. The molecule has 0 saturated heterocycles. The predicted molar refractivity (Wildman–Crippen MR) is 71.4 cm³/mol. The van der Waals surface area contributed by atoms with Crippen molar-refractivity contribution in [3.8, 4) is 11.4 Å². The van der Waals surface area contributed by atoms with Gasteiger partial charge in [0.1, 0.15) is 5.82 Å². The average molecular weight is 263 g/mol. The van der Waals surface area contributed by atoms with Crippen LogP contribution < -0.4 is 5.73 Å². The van der Waals surface area contributed by atoms with E-state index in [0.717, 1.165) is 27.8 Å². The Hall–Kier alpha value is -1.39. The normalized spacial score (nSPS) is 15.1. The molecule has 0 unspecified atom stereocenters. The van der Waals surface area contributed by atoms with Gasteiger partial charge in [0.05, 0.1) is 11.6 Å². The van der Waals surface area contributed by atoms with Gasteiger partial charge in [-0.25, -0.2) is 0 Å². The molecule has 1 fully saturated rings. The number of nitrogens with two attached hydrogens (primary N) is 1. The molecule has 18 heavy (non-hydrogen) atoms. The number of nitrogens with zero attached hydrogens (tertiary/aromatic N) is 3. The lowest BCUT2D eigenvalue weighted by Gasteiger charge is -2.10. The third-order valence-corrected chi connectivity index (χ3v) is 3.80. The summed E-state index contributed by atoms with van der Waals surface area (Å²) < 4.78 is 2.14. The zero-order valence-electron chi connectivity index (χ0n) is 10.2. The van der Waals surface area contributed by atoms with E-state index >= 15 is 0 Å². The van der Waals surface area contributed by atoms with E-state index in [1.54, 1.807) is 0 Å². The maximum absolute atomic E-state index is 6.36. The van der Waals surface area contributed by atoms with Gasteiger partial charge in [-0.2, -0.15) is 0 Å². The molecule has 0 bridgehead atoms. The molecule has 1 aliphatic rings. The molecule has 0 aliphatic heterocycles. The number of hydrogen-bond acceptors (Lipinski definition) is 3. The first-order chi connectivity index (χ1) is 8.72. The summed E-state index contributed by atoms with van der Waals surface area (Å²) in [5.41, 5.74) is 7.71. The summed E-state index contributed by atoms with van der Waals surface area (Å²) >= 11 is 6.36. The Kier molecular flexibility index (Phi) is 2.84. The van der Waals surface area contributed by atoms with E-state index in [9.17, 15) is 0 Å². The zero-order chi connectivity index (χ0) is 12.7. The number of benzene rings is 1. The molecule has 5 heteroatoms. The highest BCUT2D eigenvalue weighted by atomic mass is 35.5. The smallest absolute Gasteiger partial charge is 0.165 e. The van der Waals surface area contributed by atoms with Gasteiger partial charge in [-0.3, -0.25) is 0 Å². The van der Waals surface area contributed by atoms with Crippen LogP contribution >= 0.6 is 11.6 Å². The fourth-order valence-electron chi connectivity index (χ4n) is 2.18. The molecule has 2 N–H and O–H groups in total. The molecule has 4 nitrogen and oxygen atoms in total. The topological polar surface area (TPSA) is 56.7 Å². The standard InChI is InChI=1S/C13H15ClN4/c1-8-3-2-4-10(12(8)14)13-17-16-11(7-15)18(13)9-5-6-9/h2-4,9H,5-7,15H2,1H3. The molecule has 0 atom stereocenters. The lowest BCUT2D eigenvalue weighted by atomic mass is 10.1. The molecule has 3 rings (SSSR count). The summed E-state index contributed by atoms with van der Waals surface area (Å²) in [5.74, 6) is 1.68. The van der Waals surface area contributed by atoms with E-state index in [0.29, 0.717) is 12.6 Å². The van der Waals surface area contributed by atoms with E-state index in [2.05, 4.69) is 14.8 Å². The highest BCUT2D eigenvalue weighted by Crippen LogP contribution is 2.40. The molecule has 0 amide bonds. The van der Waals surface area contributed by atoms with Crippen LogP contribution in [0.3, 0.4) is 0 Å². The second kappa shape index (κ2) is 4.37. The summed E-state index contributed by atoms with van der Waals surface area (Å²) in [5, 5.41) is 9.19. The van der Waals surface area contributed by atoms with Crippen molar-refractivity contribution in [3.05, 3.63) is 34.6 Å². The van der Waals surface area contributed by atoms with Gasteiger partial charge in [-0.05, 0) is 31.4 Å². The number of aryl methyl sites for hydroxylation is 1. The number of aromatic nitrogens is 3. The second-order valence-electron chi connectivity index (χ2n) is 4.68. The van der Waals surface area contributed by atoms with Crippen molar-refractivity contribution < 1.29 is 0 Å². The fraction of sp³-hybridized carbons (Fsp3) is 0.385. The van der Waals surface area contributed by atoms with Crippen molar-refractivity contribution >= 4 is 11.6 Å². The summed E-state index contributed by atoms with van der Waals surface area (Å²) in [6, 6.07) is 6.46. The Morgan fingerprint density at radius 3 is 2.83 bits per heavy atom. The van der Waals surface area contributed by atoms with Gasteiger partial charge in [0.15, 0.2) is 5.82 Å². The monoisotopic (exact) mass is 262 g/mol. The van der Waals surface area contributed by atoms with E-state index in [1.807, 2.05) is 25.1 Å². The van der Waals surface area contributed by atoms with E-state index in [4.69, 9.17) is 17.3 Å². The largest absolute Gasteiger partial charge is 0.324 e. The maximum atomic E-state index is 6.36. The molecular weight excluding hydrogens is 248 g/mol. The lowest BCUT2D eigenvalue weighted by molar-refractivity contribution is 0.688. The third-order valence-electron chi connectivity index (χ3n) is 3.29. The second-order valence-corrected chi connectivity index (χ2v) is 5.06. The molecule has 0 radical (unpaired) electrons. The van der Waals surface area contributed by atoms with Gasteiger partial charge in [0, 0.05) is 11.6 Å². The molecule has 1 saturated carbocycles. The van der Waals surface area contributed by atoms with E-state index < -0.39 is 0 Å². The van der Waals surface area contributed by atoms with Gasteiger partial charge < -0.3 is 10.3 Å². The van der Waals surface area contributed by atoms with E-state index in [-0.39, 0.29) is 0 Å². The minimum atomic E-state index is 0.410. The van der Waals surface area contributed by atoms with Crippen molar-refractivity contribution in [1.29, 1.82) is 0 Å². The molecule has 94 valence electrons. The van der Waals surface area contributed by atoms with Gasteiger partial charge >= 0.3 is 0 Å². The van der Waals surface area contributed by atoms with Crippen LogP contribution in [0, 0.1) is 6.92 Å². The Bertz CT molecular complexity index is 587. The van der Waals surface area contributed by atoms with Crippen molar-refractivity contribution in [3.63, 3.8) is 0 Å². The SMILES string of the molecule is Cc1cccc(-c2nnc(CN)n2C2CC2)c1Cl. The van der Waals surface area contributed by atoms with Crippen LogP contribution in [-0.4, -0.2) is 14.8 Å². The molecule has 2 aromatic rings. The number of rotatable bonds is 3. The average Bonchev–Trinajstić information content (AvgIpc) is 3.12. The van der Waals surface area contributed by atoms with Gasteiger partial charge in [-0.1, -0.05) is 23.7 Å². The predicted octanol–water partition coefficient (Wildman–Crippen LogP) is 2.70. The highest BCUT2D eigenvalue weighted by molar-refractivity contribution is 6.33. The van der Waals surface area contributed by atoms with Crippen molar-refractivity contribution in [2.45, 2.75) is 32.4 Å². The molecular formula is C13H15ClN4. The van der Waals surface area contributed by atoms with Crippen LogP contribution in [0.5, 0.6) is 0 Å². The molecule has 1 aliphatic carbocycles. The quantitative estimate of drug-likeness (QED) is 0.925. The van der Waals surface area contributed by atoms with Crippen LogP contribution in [0.1, 0.15) is 30.3 Å². The minimum absolute atomic E-state index is 0.410. The highest BCUT2D eigenvalue weighted by Gasteiger charge is 2.30. The van der Waals surface area contributed by atoms with Crippen LogP contribution in [-0.2, 0) is 6.54 Å². The first-order valence-corrected chi connectivity index (χ1v) is 6.49. The Morgan fingerprint density at radius 2 is 2.17 bits per heavy atom. The summed E-state index contributed by atoms with van der Waals surface area (Å²) in [6.07, 6.45) is 2.34. The molecule has 1 aromatic carbocycles.